The summed E-state index contributed by atoms with van der Waals surface area (Å²) >= 11 is 3.06. The van der Waals surface area contributed by atoms with Crippen LogP contribution in [-0.4, -0.2) is 11.1 Å². The highest BCUT2D eigenvalue weighted by molar-refractivity contribution is 9.10. The molecule has 0 aliphatic carbocycles. The first kappa shape index (κ1) is 14.7. The summed E-state index contributed by atoms with van der Waals surface area (Å²) in [6.07, 6.45) is 0. The van der Waals surface area contributed by atoms with Gasteiger partial charge in [-0.15, -0.1) is 0 Å². The minimum Gasteiger partial charge on any atom is -0.361 e. The van der Waals surface area contributed by atoms with Crippen molar-refractivity contribution in [3.63, 3.8) is 0 Å². The van der Waals surface area contributed by atoms with E-state index in [0.29, 0.717) is 11.5 Å². The third-order valence-corrected chi connectivity index (χ3v) is 3.68. The molecule has 1 amide bonds. The number of nitrogens with one attached hydrogen (secondary N) is 1. The molecule has 1 heterocycles. The van der Waals surface area contributed by atoms with E-state index in [1.807, 2.05) is 0 Å². The summed E-state index contributed by atoms with van der Waals surface area (Å²) < 4.78 is 19.2. The molecule has 0 aliphatic rings. The number of amides is 1. The molecule has 0 saturated heterocycles. The summed E-state index contributed by atoms with van der Waals surface area (Å²) in [5.41, 5.74) is 1.52. The summed E-state index contributed by atoms with van der Waals surface area (Å²) in [6, 6.07) is 4.29. The van der Waals surface area contributed by atoms with Crippen LogP contribution in [-0.2, 0) is 0 Å². The summed E-state index contributed by atoms with van der Waals surface area (Å²) in [5.74, 6) is -0.405. The van der Waals surface area contributed by atoms with Gasteiger partial charge in [0.25, 0.3) is 5.91 Å². The molecule has 1 aromatic carbocycles. The number of carbonyl (C=O) groups is 1. The lowest BCUT2D eigenvalue weighted by atomic mass is 10.1. The molecule has 0 fully saturated rings. The van der Waals surface area contributed by atoms with Crippen molar-refractivity contribution in [1.82, 2.24) is 10.5 Å². The van der Waals surface area contributed by atoms with Gasteiger partial charge >= 0.3 is 0 Å². The van der Waals surface area contributed by atoms with Gasteiger partial charge in [-0.1, -0.05) is 11.2 Å². The van der Waals surface area contributed by atoms with Crippen LogP contribution in [0.2, 0.25) is 0 Å². The molecule has 1 unspecified atom stereocenters. The van der Waals surface area contributed by atoms with Crippen LogP contribution in [0.1, 0.15) is 40.3 Å². The van der Waals surface area contributed by atoms with Gasteiger partial charge in [0.05, 0.1) is 21.8 Å². The molecule has 106 valence electrons. The average molecular weight is 341 g/mol. The van der Waals surface area contributed by atoms with Gasteiger partial charge in [-0.25, -0.2) is 4.39 Å². The van der Waals surface area contributed by atoms with Crippen LogP contribution in [0, 0.1) is 19.7 Å². The number of aryl methyl sites for hydroxylation is 2. The monoisotopic (exact) mass is 340 g/mol. The number of hydrogen-bond donors (Lipinski definition) is 1. The van der Waals surface area contributed by atoms with Crippen LogP contribution in [0.25, 0.3) is 0 Å². The Kier molecular flexibility index (Phi) is 4.23. The number of carbonyl (C=O) groups excluding carboxylic acids is 1. The Labute approximate surface area is 124 Å². The van der Waals surface area contributed by atoms with Gasteiger partial charge in [-0.3, -0.25) is 4.79 Å². The van der Waals surface area contributed by atoms with E-state index in [4.69, 9.17) is 4.52 Å². The van der Waals surface area contributed by atoms with Crippen LogP contribution < -0.4 is 5.32 Å². The Morgan fingerprint density at radius 2 is 2.15 bits per heavy atom. The van der Waals surface area contributed by atoms with Crippen LogP contribution in [0.4, 0.5) is 4.39 Å². The maximum absolute atomic E-state index is 13.9. The van der Waals surface area contributed by atoms with Crippen molar-refractivity contribution in [2.24, 2.45) is 0 Å². The highest BCUT2D eigenvalue weighted by atomic mass is 79.9. The standard InChI is InChI=1S/C14H14BrFN2O2/c1-7(12-8(2)18-20-9(12)3)17-14(19)10-5-4-6-11(15)13(10)16/h4-7H,1-3H3,(H,17,19). The van der Waals surface area contributed by atoms with E-state index in [1.165, 1.54) is 6.07 Å². The predicted molar refractivity (Wildman–Crippen MR) is 76.0 cm³/mol. The second kappa shape index (κ2) is 5.75. The lowest BCUT2D eigenvalue weighted by molar-refractivity contribution is 0.0935. The molecule has 0 spiro atoms. The first-order valence-corrected chi connectivity index (χ1v) is 6.88. The molecule has 20 heavy (non-hydrogen) atoms. The Bertz CT molecular complexity index is 635. The highest BCUT2D eigenvalue weighted by Gasteiger charge is 2.21. The SMILES string of the molecule is Cc1noc(C)c1C(C)NC(=O)c1cccc(Br)c1F. The van der Waals surface area contributed by atoms with Crippen molar-refractivity contribution in [1.29, 1.82) is 0 Å². The molecular weight excluding hydrogens is 327 g/mol. The Hall–Kier alpha value is -1.69. The van der Waals surface area contributed by atoms with E-state index in [9.17, 15) is 9.18 Å². The molecule has 2 aromatic rings. The summed E-state index contributed by atoms with van der Waals surface area (Å²) in [4.78, 5) is 12.1. The summed E-state index contributed by atoms with van der Waals surface area (Å²) in [7, 11) is 0. The third-order valence-electron chi connectivity index (χ3n) is 3.07. The molecule has 1 N–H and O–H groups in total. The predicted octanol–water partition coefficient (Wildman–Crippen LogP) is 3.68. The number of rotatable bonds is 3. The molecule has 1 atom stereocenters. The topological polar surface area (TPSA) is 55.1 Å². The van der Waals surface area contributed by atoms with Gasteiger partial charge in [0.15, 0.2) is 0 Å². The van der Waals surface area contributed by atoms with E-state index in [-0.39, 0.29) is 16.1 Å². The molecule has 0 bridgehead atoms. The Morgan fingerprint density at radius 3 is 2.75 bits per heavy atom. The average Bonchev–Trinajstić information content (AvgIpc) is 2.72. The van der Waals surface area contributed by atoms with E-state index >= 15 is 0 Å². The van der Waals surface area contributed by atoms with E-state index in [2.05, 4.69) is 26.4 Å². The minimum absolute atomic E-state index is 0.00187. The molecule has 0 aliphatic heterocycles. The van der Waals surface area contributed by atoms with Crippen LogP contribution in [0.5, 0.6) is 0 Å². The zero-order valence-electron chi connectivity index (χ0n) is 11.3. The van der Waals surface area contributed by atoms with E-state index in [1.54, 1.807) is 32.9 Å². The number of hydrogen-bond acceptors (Lipinski definition) is 3. The van der Waals surface area contributed by atoms with Gasteiger partial charge in [-0.2, -0.15) is 0 Å². The first-order chi connectivity index (χ1) is 9.41. The fraction of sp³-hybridized carbons (Fsp3) is 0.286. The third kappa shape index (κ3) is 2.75. The van der Waals surface area contributed by atoms with Crippen molar-refractivity contribution in [2.75, 3.05) is 0 Å². The van der Waals surface area contributed by atoms with Crippen LogP contribution in [0.15, 0.2) is 27.2 Å². The van der Waals surface area contributed by atoms with Crippen molar-refractivity contribution < 1.29 is 13.7 Å². The highest BCUT2D eigenvalue weighted by Crippen LogP contribution is 2.23. The zero-order chi connectivity index (χ0) is 14.9. The Balaban J connectivity index is 2.22. The molecule has 2 rings (SSSR count). The van der Waals surface area contributed by atoms with Crippen LogP contribution >= 0.6 is 15.9 Å². The second-order valence-electron chi connectivity index (χ2n) is 4.53. The largest absolute Gasteiger partial charge is 0.361 e. The smallest absolute Gasteiger partial charge is 0.254 e. The summed E-state index contributed by atoms with van der Waals surface area (Å²) in [5, 5.41) is 6.59. The van der Waals surface area contributed by atoms with E-state index < -0.39 is 11.7 Å². The maximum Gasteiger partial charge on any atom is 0.254 e. The molecular formula is C14H14BrFN2O2. The number of halogens is 2. The second-order valence-corrected chi connectivity index (χ2v) is 5.39. The lowest BCUT2D eigenvalue weighted by Gasteiger charge is -2.14. The zero-order valence-corrected chi connectivity index (χ0v) is 12.9. The minimum atomic E-state index is -0.573. The first-order valence-electron chi connectivity index (χ1n) is 6.09. The molecule has 1 aromatic heterocycles. The van der Waals surface area contributed by atoms with Crippen molar-refractivity contribution >= 4 is 21.8 Å². The maximum atomic E-state index is 13.9. The van der Waals surface area contributed by atoms with Crippen LogP contribution in [0.3, 0.4) is 0 Å². The van der Waals surface area contributed by atoms with Crippen molar-refractivity contribution in [2.45, 2.75) is 26.8 Å². The van der Waals surface area contributed by atoms with Gasteiger partial charge in [-0.05, 0) is 48.8 Å². The van der Waals surface area contributed by atoms with Crippen molar-refractivity contribution in [3.8, 4) is 0 Å². The number of benzene rings is 1. The van der Waals surface area contributed by atoms with Gasteiger partial charge in [0, 0.05) is 5.56 Å². The molecule has 6 heteroatoms. The lowest BCUT2D eigenvalue weighted by Crippen LogP contribution is -2.28. The summed E-state index contributed by atoms with van der Waals surface area (Å²) in [6.45, 7) is 5.38. The fourth-order valence-corrected chi connectivity index (χ4v) is 2.50. The molecule has 4 nitrogen and oxygen atoms in total. The van der Waals surface area contributed by atoms with Gasteiger partial charge in [0.1, 0.15) is 11.6 Å². The fourth-order valence-electron chi connectivity index (χ4n) is 2.13. The van der Waals surface area contributed by atoms with Gasteiger partial charge in [0.2, 0.25) is 0 Å². The molecule has 0 radical (unpaired) electrons. The van der Waals surface area contributed by atoms with Crippen molar-refractivity contribution in [3.05, 3.63) is 51.1 Å². The van der Waals surface area contributed by atoms with E-state index in [0.717, 1.165) is 5.56 Å². The quantitative estimate of drug-likeness (QED) is 0.927. The Morgan fingerprint density at radius 1 is 1.45 bits per heavy atom. The van der Waals surface area contributed by atoms with Gasteiger partial charge < -0.3 is 9.84 Å². The number of nitrogens with zero attached hydrogens (tertiary/aromatic N) is 1. The normalized spacial score (nSPS) is 12.2. The number of aromatic nitrogens is 1. The molecule has 0 saturated carbocycles.